The second-order valence-electron chi connectivity index (χ2n) is 5.40. The normalized spacial score (nSPS) is 31.9. The molecule has 4 unspecified atom stereocenters. The van der Waals surface area contributed by atoms with E-state index in [0.717, 1.165) is 0 Å². The Morgan fingerprint density at radius 1 is 1.00 bits per heavy atom. The molecule has 1 saturated heterocycles. The van der Waals surface area contributed by atoms with E-state index in [1.54, 1.807) is 6.92 Å². The van der Waals surface area contributed by atoms with Crippen molar-refractivity contribution < 1.29 is 28.7 Å². The molecule has 2 amide bonds. The van der Waals surface area contributed by atoms with Crippen LogP contribution in [0.15, 0.2) is 0 Å². The highest BCUT2D eigenvalue weighted by Gasteiger charge is 2.53. The van der Waals surface area contributed by atoms with E-state index in [2.05, 4.69) is 0 Å². The van der Waals surface area contributed by atoms with Crippen LogP contribution in [0, 0.1) is 11.8 Å². The third-order valence-electron chi connectivity index (χ3n) is 3.99. The average molecular weight is 297 g/mol. The first kappa shape index (κ1) is 15.5. The molecule has 116 valence electrons. The van der Waals surface area contributed by atoms with Crippen LogP contribution in [-0.2, 0) is 28.7 Å². The van der Waals surface area contributed by atoms with Gasteiger partial charge in [-0.05, 0) is 6.92 Å². The number of nitrogens with zero attached hydrogens (tertiary/aromatic N) is 1. The fourth-order valence-corrected chi connectivity index (χ4v) is 3.17. The van der Waals surface area contributed by atoms with Gasteiger partial charge in [-0.1, -0.05) is 0 Å². The van der Waals surface area contributed by atoms with Gasteiger partial charge in [0.15, 0.2) is 0 Å². The molecule has 0 radical (unpaired) electrons. The minimum atomic E-state index is -0.679. The Kier molecular flexibility index (Phi) is 4.29. The van der Waals surface area contributed by atoms with Gasteiger partial charge in [0.25, 0.3) is 0 Å². The molecular formula is C14H19NO6. The minimum Gasteiger partial charge on any atom is -0.459 e. The van der Waals surface area contributed by atoms with E-state index in [4.69, 9.17) is 9.47 Å². The van der Waals surface area contributed by atoms with Gasteiger partial charge in [-0.3, -0.25) is 24.1 Å². The summed E-state index contributed by atoms with van der Waals surface area (Å²) in [5.74, 6) is -2.45. The quantitative estimate of drug-likeness (QED) is 0.548. The Labute approximate surface area is 122 Å². The first-order valence-corrected chi connectivity index (χ1v) is 7.04. The maximum absolute atomic E-state index is 12.2. The van der Waals surface area contributed by atoms with Crippen LogP contribution < -0.4 is 0 Å². The van der Waals surface area contributed by atoms with Gasteiger partial charge >= 0.3 is 11.9 Å². The molecular weight excluding hydrogens is 278 g/mol. The van der Waals surface area contributed by atoms with Crippen molar-refractivity contribution in [3.63, 3.8) is 0 Å². The molecule has 0 bridgehead atoms. The van der Waals surface area contributed by atoms with Crippen LogP contribution in [0.1, 0.15) is 33.6 Å². The Balaban J connectivity index is 2.21. The first-order chi connectivity index (χ1) is 9.85. The van der Waals surface area contributed by atoms with Gasteiger partial charge < -0.3 is 9.47 Å². The summed E-state index contributed by atoms with van der Waals surface area (Å²) < 4.78 is 10.3. The molecule has 7 nitrogen and oxygen atoms in total. The van der Waals surface area contributed by atoms with Crippen molar-refractivity contribution in [2.45, 2.75) is 45.8 Å². The highest BCUT2D eigenvalue weighted by molar-refractivity contribution is 6.05. The molecule has 4 atom stereocenters. The van der Waals surface area contributed by atoms with Gasteiger partial charge in [0.05, 0.1) is 11.8 Å². The Hall–Kier alpha value is -1.92. The Morgan fingerprint density at radius 2 is 1.38 bits per heavy atom. The predicted octanol–water partition coefficient (Wildman–Crippen LogP) is 0.265. The molecule has 21 heavy (non-hydrogen) atoms. The Morgan fingerprint density at radius 3 is 1.67 bits per heavy atom. The second kappa shape index (κ2) is 5.83. The zero-order chi connectivity index (χ0) is 15.7. The minimum absolute atomic E-state index is 0.212. The van der Waals surface area contributed by atoms with E-state index in [-0.39, 0.29) is 24.7 Å². The molecule has 0 aromatic rings. The molecule has 2 rings (SSSR count). The van der Waals surface area contributed by atoms with Gasteiger partial charge in [-0.15, -0.1) is 0 Å². The van der Waals surface area contributed by atoms with Gasteiger partial charge in [0, 0.05) is 33.2 Å². The van der Waals surface area contributed by atoms with E-state index in [1.807, 2.05) is 0 Å². The van der Waals surface area contributed by atoms with Crippen molar-refractivity contribution >= 4 is 23.8 Å². The number of fused-ring (bicyclic) bond motifs is 1. The molecule has 1 saturated carbocycles. The summed E-state index contributed by atoms with van der Waals surface area (Å²) >= 11 is 0. The summed E-state index contributed by atoms with van der Waals surface area (Å²) in [7, 11) is 0. The van der Waals surface area contributed by atoms with E-state index >= 15 is 0 Å². The molecule has 1 aliphatic heterocycles. The summed E-state index contributed by atoms with van der Waals surface area (Å²) in [6.45, 7) is 4.58. The lowest BCUT2D eigenvalue weighted by Gasteiger charge is -2.34. The van der Waals surface area contributed by atoms with Crippen LogP contribution in [-0.4, -0.2) is 47.4 Å². The third kappa shape index (κ3) is 2.91. The van der Waals surface area contributed by atoms with Gasteiger partial charge in [0.1, 0.15) is 12.2 Å². The number of hydrogen-bond acceptors (Lipinski definition) is 6. The van der Waals surface area contributed by atoms with Crippen molar-refractivity contribution in [3.05, 3.63) is 0 Å². The maximum atomic E-state index is 12.2. The van der Waals surface area contributed by atoms with Gasteiger partial charge in [-0.25, -0.2) is 0 Å². The molecule has 2 fully saturated rings. The largest absolute Gasteiger partial charge is 0.459 e. The first-order valence-electron chi connectivity index (χ1n) is 7.04. The molecule has 0 N–H and O–H groups in total. The monoisotopic (exact) mass is 297 g/mol. The van der Waals surface area contributed by atoms with Crippen LogP contribution in [0.25, 0.3) is 0 Å². The van der Waals surface area contributed by atoms with Crippen LogP contribution >= 0.6 is 0 Å². The van der Waals surface area contributed by atoms with Gasteiger partial charge in [0.2, 0.25) is 11.8 Å². The van der Waals surface area contributed by atoms with Crippen LogP contribution in [0.4, 0.5) is 0 Å². The lowest BCUT2D eigenvalue weighted by Crippen LogP contribution is -2.44. The predicted molar refractivity (Wildman–Crippen MR) is 69.7 cm³/mol. The third-order valence-corrected chi connectivity index (χ3v) is 3.99. The number of esters is 2. The fourth-order valence-electron chi connectivity index (χ4n) is 3.17. The number of amides is 2. The number of likely N-dealkylation sites (tertiary alicyclic amines) is 1. The van der Waals surface area contributed by atoms with Crippen molar-refractivity contribution in [2.24, 2.45) is 11.8 Å². The summed E-state index contributed by atoms with van der Waals surface area (Å²) in [5.41, 5.74) is 0. The van der Waals surface area contributed by atoms with Crippen LogP contribution in [0.3, 0.4) is 0 Å². The number of carbonyl (C=O) groups excluding carboxylic acids is 4. The molecule has 0 aromatic heterocycles. The number of carbonyl (C=O) groups is 4. The van der Waals surface area contributed by atoms with Gasteiger partial charge in [-0.2, -0.15) is 0 Å². The zero-order valence-corrected chi connectivity index (χ0v) is 12.3. The van der Waals surface area contributed by atoms with E-state index in [1.165, 1.54) is 18.7 Å². The summed E-state index contributed by atoms with van der Waals surface area (Å²) in [5, 5.41) is 0. The number of imide groups is 1. The lowest BCUT2D eigenvalue weighted by atomic mass is 9.78. The molecule has 0 aromatic carbocycles. The Bertz CT molecular complexity index is 446. The molecule has 7 heteroatoms. The van der Waals surface area contributed by atoms with Crippen LogP contribution in [0.5, 0.6) is 0 Å². The molecule has 1 aliphatic carbocycles. The smallest absolute Gasteiger partial charge is 0.303 e. The van der Waals surface area contributed by atoms with Crippen molar-refractivity contribution in [2.75, 3.05) is 6.54 Å². The maximum Gasteiger partial charge on any atom is 0.303 e. The molecule has 0 spiro atoms. The topological polar surface area (TPSA) is 90.0 Å². The highest BCUT2D eigenvalue weighted by atomic mass is 16.6. The van der Waals surface area contributed by atoms with Crippen molar-refractivity contribution in [1.29, 1.82) is 0 Å². The van der Waals surface area contributed by atoms with Crippen molar-refractivity contribution in [1.82, 2.24) is 4.90 Å². The standard InChI is InChI=1S/C14H19NO6/c1-4-15-13(18)9-5-11(20-7(2)16)12(21-8(3)17)6-10(9)14(15)19/h9-12H,4-6H2,1-3H3. The summed E-state index contributed by atoms with van der Waals surface area (Å²) in [4.78, 5) is 48.0. The second-order valence-corrected chi connectivity index (χ2v) is 5.40. The number of ether oxygens (including phenoxy) is 2. The summed E-state index contributed by atoms with van der Waals surface area (Å²) in [6.07, 6.45) is -0.936. The van der Waals surface area contributed by atoms with Crippen molar-refractivity contribution in [3.8, 4) is 0 Å². The fraction of sp³-hybridized carbons (Fsp3) is 0.714. The lowest BCUT2D eigenvalue weighted by molar-refractivity contribution is -0.173. The SMILES string of the molecule is CCN1C(=O)C2CC(OC(C)=O)C(OC(C)=O)CC2C1=O. The van der Waals surface area contributed by atoms with Crippen LogP contribution in [0.2, 0.25) is 0 Å². The summed E-state index contributed by atoms with van der Waals surface area (Å²) in [6, 6.07) is 0. The average Bonchev–Trinajstić information content (AvgIpc) is 2.60. The highest BCUT2D eigenvalue weighted by Crippen LogP contribution is 2.40. The molecule has 2 aliphatic rings. The van der Waals surface area contributed by atoms with E-state index in [9.17, 15) is 19.2 Å². The molecule has 1 heterocycles. The number of hydrogen-bond donors (Lipinski definition) is 0. The number of rotatable bonds is 3. The van der Waals surface area contributed by atoms with E-state index < -0.39 is 36.0 Å². The zero-order valence-electron chi connectivity index (χ0n) is 12.3. The van der Waals surface area contributed by atoms with E-state index in [0.29, 0.717) is 6.54 Å².